The molecule has 5 nitrogen and oxygen atoms in total. The summed E-state index contributed by atoms with van der Waals surface area (Å²) in [5.74, 6) is 2.41. The second-order valence-corrected chi connectivity index (χ2v) is 26.8. The molecular formula is C72H80N4O. The summed E-state index contributed by atoms with van der Waals surface area (Å²) in [5, 5.41) is 2.33. The normalized spacial score (nSPS) is 14.1. The first-order valence-corrected chi connectivity index (χ1v) is 27.7. The Kier molecular flexibility index (Phi) is 13.3. The fourth-order valence-corrected chi connectivity index (χ4v) is 11.5. The number of nitrogens with zero attached hydrogens (tertiary/aromatic N) is 4. The standard InChI is InChI=1S/C72H80N4O/c1-67(2,3)52-36-37-73-64(44-52)76-62-35-32-53(71(13,14)50-28-22-18-23-29-50)43-61(62)60-34-33-58(46-63(60)76)77-59-39-49(48-26-20-17-21-27-48)38-56(45-59)74-47-75(66(70(10,11)12)65(74)69(7,8)9)57-41-54(68(4,5)6)40-55(42-57)72(15,16)51-30-24-19-25-31-51/h17-46H,47H2,1-16H3. The van der Waals surface area contributed by atoms with Crippen LogP contribution in [0.3, 0.4) is 0 Å². The van der Waals surface area contributed by atoms with Gasteiger partial charge in [0, 0.05) is 73.5 Å². The van der Waals surface area contributed by atoms with Crippen molar-refractivity contribution in [3.8, 4) is 28.4 Å². The van der Waals surface area contributed by atoms with Gasteiger partial charge in [0.2, 0.25) is 0 Å². The lowest BCUT2D eigenvalue weighted by Gasteiger charge is -2.35. The van der Waals surface area contributed by atoms with E-state index in [0.29, 0.717) is 6.67 Å². The van der Waals surface area contributed by atoms with Crippen LogP contribution in [0.2, 0.25) is 0 Å². The number of rotatable bonds is 10. The molecule has 0 saturated carbocycles. The molecule has 9 aromatic rings. The van der Waals surface area contributed by atoms with Gasteiger partial charge in [-0.05, 0) is 116 Å². The first-order valence-electron chi connectivity index (χ1n) is 27.7. The van der Waals surface area contributed by atoms with E-state index in [4.69, 9.17) is 9.72 Å². The third-order valence-corrected chi connectivity index (χ3v) is 16.1. The van der Waals surface area contributed by atoms with Gasteiger partial charge in [0.05, 0.1) is 17.7 Å². The number of benzene rings is 7. The number of hydrogen-bond donors (Lipinski definition) is 0. The maximum absolute atomic E-state index is 7.23. The molecule has 394 valence electrons. The van der Waals surface area contributed by atoms with E-state index in [2.05, 4.69) is 301 Å². The molecule has 0 atom stereocenters. The number of fused-ring (bicyclic) bond motifs is 3. The van der Waals surface area contributed by atoms with Crippen molar-refractivity contribution in [1.29, 1.82) is 0 Å². The number of ether oxygens (including phenoxy) is 1. The summed E-state index contributed by atoms with van der Waals surface area (Å²) >= 11 is 0. The summed E-state index contributed by atoms with van der Waals surface area (Å²) in [4.78, 5) is 10.2. The van der Waals surface area contributed by atoms with Crippen LogP contribution in [-0.4, -0.2) is 16.2 Å². The number of anilines is 2. The van der Waals surface area contributed by atoms with Crippen LogP contribution in [0.15, 0.2) is 194 Å². The van der Waals surface area contributed by atoms with Gasteiger partial charge >= 0.3 is 0 Å². The van der Waals surface area contributed by atoms with Crippen molar-refractivity contribution in [1.82, 2.24) is 9.55 Å². The Bertz CT molecular complexity index is 3660. The van der Waals surface area contributed by atoms with Crippen LogP contribution >= 0.6 is 0 Å². The zero-order valence-electron chi connectivity index (χ0n) is 48.7. The highest BCUT2D eigenvalue weighted by Crippen LogP contribution is 2.50. The Morgan fingerprint density at radius 2 is 0.909 bits per heavy atom. The number of aromatic nitrogens is 2. The minimum Gasteiger partial charge on any atom is -0.457 e. The summed E-state index contributed by atoms with van der Waals surface area (Å²) in [5.41, 5.74) is 16.0. The zero-order chi connectivity index (χ0) is 55.0. The molecule has 0 fully saturated rings. The van der Waals surface area contributed by atoms with E-state index >= 15 is 0 Å². The second kappa shape index (κ2) is 19.3. The summed E-state index contributed by atoms with van der Waals surface area (Å²) in [7, 11) is 0. The number of hydrogen-bond acceptors (Lipinski definition) is 4. The molecule has 0 N–H and O–H groups in total. The first kappa shape index (κ1) is 53.0. The first-order chi connectivity index (χ1) is 36.2. The average Bonchev–Trinajstić information content (AvgIpc) is 4.18. The monoisotopic (exact) mass is 1020 g/mol. The fourth-order valence-electron chi connectivity index (χ4n) is 11.5. The fraction of sp³-hybridized carbons (Fsp3) is 0.319. The molecule has 0 bridgehead atoms. The van der Waals surface area contributed by atoms with Crippen LogP contribution in [0.1, 0.15) is 144 Å². The van der Waals surface area contributed by atoms with Gasteiger partial charge in [-0.3, -0.25) is 4.57 Å². The summed E-state index contributed by atoms with van der Waals surface area (Å²) in [6.07, 6.45) is 1.95. The Morgan fingerprint density at radius 1 is 0.364 bits per heavy atom. The predicted molar refractivity (Wildman–Crippen MR) is 327 cm³/mol. The molecule has 7 aromatic carbocycles. The minimum atomic E-state index is -0.224. The highest BCUT2D eigenvalue weighted by Gasteiger charge is 2.43. The van der Waals surface area contributed by atoms with Gasteiger partial charge in [0.25, 0.3) is 0 Å². The van der Waals surface area contributed by atoms with E-state index in [0.717, 1.165) is 50.6 Å². The summed E-state index contributed by atoms with van der Waals surface area (Å²) < 4.78 is 9.56. The quantitative estimate of drug-likeness (QED) is 0.137. The molecule has 0 aliphatic carbocycles. The van der Waals surface area contributed by atoms with Crippen LogP contribution in [0, 0.1) is 10.8 Å². The third-order valence-electron chi connectivity index (χ3n) is 16.1. The third kappa shape index (κ3) is 10.2. The molecule has 0 saturated heterocycles. The van der Waals surface area contributed by atoms with Crippen molar-refractivity contribution in [2.45, 2.75) is 132 Å². The minimum absolute atomic E-state index is 0.0557. The highest BCUT2D eigenvalue weighted by atomic mass is 16.5. The molecule has 1 aliphatic rings. The van der Waals surface area contributed by atoms with Crippen LogP contribution in [0.25, 0.3) is 38.8 Å². The Balaban J connectivity index is 1.13. The molecule has 1 aliphatic heterocycles. The number of pyridine rings is 1. The molecule has 0 amide bonds. The second-order valence-electron chi connectivity index (χ2n) is 26.8. The largest absolute Gasteiger partial charge is 0.457 e. The van der Waals surface area contributed by atoms with Crippen molar-refractivity contribution < 1.29 is 4.74 Å². The van der Waals surface area contributed by atoms with Gasteiger partial charge in [-0.1, -0.05) is 214 Å². The van der Waals surface area contributed by atoms with E-state index in [-0.39, 0.29) is 32.5 Å². The SMILES string of the molecule is CC(C)(C)C1=C(C(C)(C)C)N(c2cc(C(C)(C)C)cc(C(C)(C)c3ccccc3)c2)CN1c1cc(Oc2ccc3c4cc(C(C)(C)c5ccccc5)ccc4n(-c4cc(C(C)(C)C)ccn4)c3c2)cc(-c2ccccc2)c1. The van der Waals surface area contributed by atoms with E-state index in [1.165, 1.54) is 55.8 Å². The van der Waals surface area contributed by atoms with Crippen LogP contribution in [-0.2, 0) is 21.7 Å². The summed E-state index contributed by atoms with van der Waals surface area (Å²) in [6, 6.07) is 64.6. The lowest BCUT2D eigenvalue weighted by atomic mass is 9.75. The molecule has 10 rings (SSSR count). The smallest absolute Gasteiger partial charge is 0.137 e. The lowest BCUT2D eigenvalue weighted by Crippen LogP contribution is -2.32. The van der Waals surface area contributed by atoms with E-state index in [1.807, 2.05) is 6.20 Å². The van der Waals surface area contributed by atoms with Crippen molar-refractivity contribution in [3.05, 3.63) is 227 Å². The Hall–Kier alpha value is -7.37. The zero-order valence-corrected chi connectivity index (χ0v) is 48.7. The predicted octanol–water partition coefficient (Wildman–Crippen LogP) is 19.5. The molecule has 77 heavy (non-hydrogen) atoms. The Labute approximate surface area is 460 Å². The molecule has 0 radical (unpaired) electrons. The van der Waals surface area contributed by atoms with Crippen molar-refractivity contribution in [3.63, 3.8) is 0 Å². The van der Waals surface area contributed by atoms with Crippen molar-refractivity contribution in [2.24, 2.45) is 10.8 Å². The number of allylic oxidation sites excluding steroid dienone is 2. The Morgan fingerprint density at radius 3 is 1.48 bits per heavy atom. The molecule has 0 unspecified atom stereocenters. The van der Waals surface area contributed by atoms with E-state index in [9.17, 15) is 0 Å². The summed E-state index contributed by atoms with van der Waals surface area (Å²) in [6.45, 7) is 38.0. The van der Waals surface area contributed by atoms with Gasteiger partial charge in [0.15, 0.2) is 0 Å². The molecule has 0 spiro atoms. The van der Waals surface area contributed by atoms with Crippen LogP contribution < -0.4 is 14.5 Å². The van der Waals surface area contributed by atoms with Crippen LogP contribution in [0.4, 0.5) is 11.4 Å². The molecule has 5 heteroatoms. The van der Waals surface area contributed by atoms with Gasteiger partial charge in [-0.25, -0.2) is 4.98 Å². The topological polar surface area (TPSA) is 33.5 Å². The maximum Gasteiger partial charge on any atom is 0.137 e. The van der Waals surface area contributed by atoms with Crippen molar-refractivity contribution in [2.75, 3.05) is 16.5 Å². The average molecular weight is 1020 g/mol. The van der Waals surface area contributed by atoms with Gasteiger partial charge < -0.3 is 14.5 Å². The maximum atomic E-state index is 7.23. The molecule has 2 aromatic heterocycles. The molecule has 3 heterocycles. The van der Waals surface area contributed by atoms with E-state index in [1.54, 1.807) is 0 Å². The lowest BCUT2D eigenvalue weighted by molar-refractivity contribution is 0.444. The highest BCUT2D eigenvalue weighted by molar-refractivity contribution is 6.10. The van der Waals surface area contributed by atoms with E-state index < -0.39 is 0 Å². The van der Waals surface area contributed by atoms with Crippen LogP contribution in [0.5, 0.6) is 11.5 Å². The van der Waals surface area contributed by atoms with Gasteiger partial charge in [-0.2, -0.15) is 0 Å². The molecular weight excluding hydrogens is 937 g/mol. The van der Waals surface area contributed by atoms with Crippen molar-refractivity contribution >= 4 is 33.2 Å². The van der Waals surface area contributed by atoms with Gasteiger partial charge in [-0.15, -0.1) is 0 Å². The van der Waals surface area contributed by atoms with Gasteiger partial charge in [0.1, 0.15) is 17.3 Å².